The van der Waals surface area contributed by atoms with E-state index in [9.17, 15) is 9.90 Å². The molecule has 98 valence electrons. The number of Topliss-reactive ketones (excluding diaryl/α,β-unsaturated/α-hetero) is 1. The van der Waals surface area contributed by atoms with Crippen LogP contribution in [-0.2, 0) is 4.79 Å². The SMILES string of the molecule is CC[C@@H]1CCCC(=O)[C@H]1[C@@H](O)C1CCCCC1. The van der Waals surface area contributed by atoms with Crippen LogP contribution < -0.4 is 0 Å². The Morgan fingerprint density at radius 3 is 2.53 bits per heavy atom. The quantitative estimate of drug-likeness (QED) is 0.819. The van der Waals surface area contributed by atoms with E-state index >= 15 is 0 Å². The van der Waals surface area contributed by atoms with Crippen molar-refractivity contribution >= 4 is 5.78 Å². The van der Waals surface area contributed by atoms with Crippen molar-refractivity contribution in [3.8, 4) is 0 Å². The molecule has 0 aromatic heterocycles. The molecular weight excluding hydrogens is 212 g/mol. The van der Waals surface area contributed by atoms with Crippen LogP contribution in [0, 0.1) is 17.8 Å². The number of carbonyl (C=O) groups is 1. The van der Waals surface area contributed by atoms with Gasteiger partial charge in [-0.1, -0.05) is 32.6 Å². The van der Waals surface area contributed by atoms with Gasteiger partial charge in [-0.3, -0.25) is 4.79 Å². The van der Waals surface area contributed by atoms with Crippen molar-refractivity contribution in [3.63, 3.8) is 0 Å². The lowest BCUT2D eigenvalue weighted by Gasteiger charge is -2.38. The van der Waals surface area contributed by atoms with Crippen LogP contribution in [0.25, 0.3) is 0 Å². The average molecular weight is 238 g/mol. The predicted octanol–water partition coefficient (Wildman–Crippen LogP) is 3.32. The Hall–Kier alpha value is -0.370. The Morgan fingerprint density at radius 2 is 1.88 bits per heavy atom. The third-order valence-electron chi connectivity index (χ3n) is 4.90. The summed E-state index contributed by atoms with van der Waals surface area (Å²) in [6.45, 7) is 2.16. The van der Waals surface area contributed by atoms with E-state index in [1.54, 1.807) is 0 Å². The fourth-order valence-electron chi connectivity index (χ4n) is 3.84. The molecule has 0 radical (unpaired) electrons. The molecule has 17 heavy (non-hydrogen) atoms. The highest BCUT2D eigenvalue weighted by molar-refractivity contribution is 5.82. The maximum absolute atomic E-state index is 12.1. The van der Waals surface area contributed by atoms with Gasteiger partial charge in [-0.2, -0.15) is 0 Å². The summed E-state index contributed by atoms with van der Waals surface area (Å²) in [5.74, 6) is 1.12. The zero-order valence-electron chi connectivity index (χ0n) is 11.0. The minimum Gasteiger partial charge on any atom is -0.392 e. The van der Waals surface area contributed by atoms with Gasteiger partial charge in [0.25, 0.3) is 0 Å². The highest BCUT2D eigenvalue weighted by atomic mass is 16.3. The lowest BCUT2D eigenvalue weighted by molar-refractivity contribution is -0.134. The van der Waals surface area contributed by atoms with Gasteiger partial charge < -0.3 is 5.11 Å². The average Bonchev–Trinajstić information content (AvgIpc) is 2.38. The Bertz CT molecular complexity index is 256. The molecule has 0 aromatic carbocycles. The Kier molecular flexibility index (Phi) is 4.61. The molecule has 0 aliphatic heterocycles. The summed E-state index contributed by atoms with van der Waals surface area (Å²) < 4.78 is 0. The standard InChI is InChI=1S/C15H26O2/c1-2-11-9-6-10-13(16)14(11)15(17)12-7-4-3-5-8-12/h11-12,14-15,17H,2-10H2,1H3/t11-,14+,15+/m1/s1. The van der Waals surface area contributed by atoms with E-state index in [1.807, 2.05) is 0 Å². The van der Waals surface area contributed by atoms with E-state index in [2.05, 4.69) is 6.92 Å². The lowest BCUT2D eigenvalue weighted by atomic mass is 9.69. The van der Waals surface area contributed by atoms with E-state index in [0.717, 1.165) is 32.1 Å². The van der Waals surface area contributed by atoms with E-state index in [-0.39, 0.29) is 12.0 Å². The second-order valence-electron chi connectivity index (χ2n) is 5.94. The van der Waals surface area contributed by atoms with Crippen LogP contribution in [0.2, 0.25) is 0 Å². The number of hydrogen-bond acceptors (Lipinski definition) is 2. The maximum Gasteiger partial charge on any atom is 0.138 e. The Balaban J connectivity index is 2.03. The molecule has 0 heterocycles. The first-order valence-corrected chi connectivity index (χ1v) is 7.44. The first kappa shape index (κ1) is 13.1. The van der Waals surface area contributed by atoms with Crippen molar-refractivity contribution in [2.24, 2.45) is 17.8 Å². The molecule has 1 N–H and O–H groups in total. The molecule has 3 atom stereocenters. The Morgan fingerprint density at radius 1 is 1.18 bits per heavy atom. The molecule has 0 bridgehead atoms. The van der Waals surface area contributed by atoms with Gasteiger partial charge in [0.15, 0.2) is 0 Å². The van der Waals surface area contributed by atoms with Crippen molar-refractivity contribution in [3.05, 3.63) is 0 Å². The molecule has 0 amide bonds. The summed E-state index contributed by atoms with van der Waals surface area (Å²) in [4.78, 5) is 12.1. The number of ketones is 1. The van der Waals surface area contributed by atoms with E-state index in [4.69, 9.17) is 0 Å². The van der Waals surface area contributed by atoms with E-state index < -0.39 is 0 Å². The summed E-state index contributed by atoms with van der Waals surface area (Å²) in [5, 5.41) is 10.5. The van der Waals surface area contributed by atoms with Gasteiger partial charge in [0, 0.05) is 12.3 Å². The molecule has 2 rings (SSSR count). The summed E-state index contributed by atoms with van der Waals surface area (Å²) in [5.41, 5.74) is 0. The zero-order chi connectivity index (χ0) is 12.3. The molecule has 2 saturated carbocycles. The molecule has 0 unspecified atom stereocenters. The normalized spacial score (nSPS) is 33.6. The third kappa shape index (κ3) is 2.90. The van der Waals surface area contributed by atoms with E-state index in [0.29, 0.717) is 24.0 Å². The van der Waals surface area contributed by atoms with Gasteiger partial charge in [-0.15, -0.1) is 0 Å². The zero-order valence-corrected chi connectivity index (χ0v) is 11.0. The molecule has 2 heteroatoms. The first-order valence-electron chi connectivity index (χ1n) is 7.44. The van der Waals surface area contributed by atoms with Gasteiger partial charge in [0.05, 0.1) is 6.10 Å². The topological polar surface area (TPSA) is 37.3 Å². The first-order chi connectivity index (χ1) is 8.24. The monoisotopic (exact) mass is 238 g/mol. The molecule has 2 aliphatic carbocycles. The maximum atomic E-state index is 12.1. The molecule has 2 fully saturated rings. The van der Waals surface area contributed by atoms with Gasteiger partial charge in [0.2, 0.25) is 0 Å². The Labute approximate surface area is 105 Å². The highest BCUT2D eigenvalue weighted by Crippen LogP contribution is 2.38. The number of hydrogen-bond donors (Lipinski definition) is 1. The molecular formula is C15H26O2. The molecule has 2 nitrogen and oxygen atoms in total. The molecule has 0 saturated heterocycles. The van der Waals surface area contributed by atoms with Crippen LogP contribution in [0.1, 0.15) is 64.7 Å². The minimum atomic E-state index is -0.354. The molecule has 2 aliphatic rings. The van der Waals surface area contributed by atoms with Crippen LogP contribution in [0.3, 0.4) is 0 Å². The lowest BCUT2D eigenvalue weighted by Crippen LogP contribution is -2.42. The van der Waals surface area contributed by atoms with Gasteiger partial charge in [-0.05, 0) is 37.5 Å². The van der Waals surface area contributed by atoms with Crippen LogP contribution in [-0.4, -0.2) is 17.0 Å². The van der Waals surface area contributed by atoms with Crippen molar-refractivity contribution in [1.29, 1.82) is 0 Å². The van der Waals surface area contributed by atoms with Crippen molar-refractivity contribution in [2.75, 3.05) is 0 Å². The summed E-state index contributed by atoms with van der Waals surface area (Å²) in [6.07, 6.45) is 9.58. The van der Waals surface area contributed by atoms with Gasteiger partial charge in [0.1, 0.15) is 5.78 Å². The second kappa shape index (κ2) is 5.99. The van der Waals surface area contributed by atoms with Crippen LogP contribution in [0.15, 0.2) is 0 Å². The van der Waals surface area contributed by atoms with Crippen molar-refractivity contribution in [2.45, 2.75) is 70.8 Å². The summed E-state index contributed by atoms with van der Waals surface area (Å²) in [7, 11) is 0. The van der Waals surface area contributed by atoms with Gasteiger partial charge in [-0.25, -0.2) is 0 Å². The number of aliphatic hydroxyl groups excluding tert-OH is 1. The minimum absolute atomic E-state index is 0.0446. The summed E-state index contributed by atoms with van der Waals surface area (Å²) >= 11 is 0. The van der Waals surface area contributed by atoms with Crippen molar-refractivity contribution in [1.82, 2.24) is 0 Å². The van der Waals surface area contributed by atoms with Crippen LogP contribution in [0.5, 0.6) is 0 Å². The van der Waals surface area contributed by atoms with E-state index in [1.165, 1.54) is 19.3 Å². The second-order valence-corrected chi connectivity index (χ2v) is 5.94. The third-order valence-corrected chi connectivity index (χ3v) is 4.90. The number of carbonyl (C=O) groups excluding carboxylic acids is 1. The number of aliphatic hydroxyl groups is 1. The fraction of sp³-hybridized carbons (Fsp3) is 0.933. The molecule has 0 spiro atoms. The van der Waals surface area contributed by atoms with Crippen LogP contribution in [0.4, 0.5) is 0 Å². The predicted molar refractivity (Wildman–Crippen MR) is 68.7 cm³/mol. The van der Waals surface area contributed by atoms with Gasteiger partial charge >= 0.3 is 0 Å². The number of rotatable bonds is 3. The molecule has 0 aromatic rings. The van der Waals surface area contributed by atoms with Crippen molar-refractivity contribution < 1.29 is 9.90 Å². The largest absolute Gasteiger partial charge is 0.392 e. The highest BCUT2D eigenvalue weighted by Gasteiger charge is 2.39. The smallest absolute Gasteiger partial charge is 0.138 e. The summed E-state index contributed by atoms with van der Waals surface area (Å²) in [6, 6.07) is 0. The fourth-order valence-corrected chi connectivity index (χ4v) is 3.84. The van der Waals surface area contributed by atoms with Crippen LogP contribution >= 0.6 is 0 Å².